The number of hydrogen-bond acceptors (Lipinski definition) is 7. The first kappa shape index (κ1) is 32.8. The molecule has 0 saturated carbocycles. The molecule has 2 rings (SSSR count). The molecule has 0 spiro atoms. The van der Waals surface area contributed by atoms with Gasteiger partial charge in [0, 0.05) is 31.3 Å². The van der Waals surface area contributed by atoms with Gasteiger partial charge < -0.3 is 43.2 Å². The van der Waals surface area contributed by atoms with Gasteiger partial charge >= 0.3 is 5.97 Å². The van der Waals surface area contributed by atoms with E-state index < -0.39 is 47.9 Å². The fourth-order valence-corrected chi connectivity index (χ4v) is 4.04. The molecular weight excluding hydrogens is 530 g/mol. The van der Waals surface area contributed by atoms with Crippen molar-refractivity contribution in [2.24, 2.45) is 28.1 Å². The monoisotopic (exact) mass is 571 g/mol. The van der Waals surface area contributed by atoms with Crippen LogP contribution in [0.4, 0.5) is 0 Å². The summed E-state index contributed by atoms with van der Waals surface area (Å²) in [5, 5.41) is 17.6. The minimum Gasteiger partial charge on any atom is -0.480 e. The van der Waals surface area contributed by atoms with Crippen LogP contribution >= 0.6 is 0 Å². The first-order valence-corrected chi connectivity index (χ1v) is 13.5. The molecule has 0 saturated heterocycles. The van der Waals surface area contributed by atoms with Gasteiger partial charge in [0.05, 0.1) is 12.4 Å². The van der Waals surface area contributed by atoms with Crippen molar-refractivity contribution in [2.75, 3.05) is 6.54 Å². The zero-order valence-electron chi connectivity index (χ0n) is 23.4. The van der Waals surface area contributed by atoms with Crippen LogP contribution in [-0.2, 0) is 32.0 Å². The molecule has 11 N–H and O–H groups in total. The molecule has 41 heavy (non-hydrogen) atoms. The fraction of sp³-hybridized carbons (Fsp3) is 0.481. The van der Waals surface area contributed by atoms with Crippen molar-refractivity contribution >= 4 is 29.7 Å². The number of aromatic amines is 1. The molecule has 14 heteroatoms. The maximum absolute atomic E-state index is 13.5. The molecule has 0 radical (unpaired) electrons. The Balaban J connectivity index is 2.17. The van der Waals surface area contributed by atoms with Crippen LogP contribution in [0.15, 0.2) is 47.8 Å². The summed E-state index contributed by atoms with van der Waals surface area (Å²) in [5.41, 5.74) is 18.1. The highest BCUT2D eigenvalue weighted by molar-refractivity contribution is 5.94. The topological polar surface area (TPSA) is 244 Å². The van der Waals surface area contributed by atoms with Crippen LogP contribution in [0.25, 0.3) is 0 Å². The molecule has 0 aliphatic carbocycles. The molecule has 3 amide bonds. The average Bonchev–Trinajstić information content (AvgIpc) is 3.45. The zero-order chi connectivity index (χ0) is 30.4. The number of carboxylic acids is 1. The second-order valence-electron chi connectivity index (χ2n) is 9.86. The van der Waals surface area contributed by atoms with Crippen molar-refractivity contribution in [1.29, 1.82) is 0 Å². The van der Waals surface area contributed by atoms with E-state index in [-0.39, 0.29) is 37.7 Å². The largest absolute Gasteiger partial charge is 0.480 e. The van der Waals surface area contributed by atoms with Crippen LogP contribution in [0.5, 0.6) is 0 Å². The highest BCUT2D eigenvalue weighted by atomic mass is 16.4. The van der Waals surface area contributed by atoms with Crippen molar-refractivity contribution in [2.45, 2.75) is 70.1 Å². The third-order valence-electron chi connectivity index (χ3n) is 6.60. The number of guanidine groups is 1. The number of aromatic nitrogens is 2. The van der Waals surface area contributed by atoms with E-state index >= 15 is 0 Å². The lowest BCUT2D eigenvalue weighted by atomic mass is 9.96. The van der Waals surface area contributed by atoms with E-state index in [1.807, 2.05) is 37.3 Å². The summed E-state index contributed by atoms with van der Waals surface area (Å²) < 4.78 is 0. The maximum atomic E-state index is 13.5. The van der Waals surface area contributed by atoms with Gasteiger partial charge in [-0.15, -0.1) is 0 Å². The Labute approximate surface area is 238 Å². The van der Waals surface area contributed by atoms with E-state index in [1.165, 1.54) is 6.33 Å². The lowest BCUT2D eigenvalue weighted by Crippen LogP contribution is -2.59. The molecule has 0 aliphatic rings. The van der Waals surface area contributed by atoms with E-state index in [0.29, 0.717) is 18.5 Å². The van der Waals surface area contributed by atoms with Crippen LogP contribution in [-0.4, -0.2) is 75.4 Å². The number of carbonyl (C=O) groups is 4. The van der Waals surface area contributed by atoms with Gasteiger partial charge in [0.15, 0.2) is 5.96 Å². The third kappa shape index (κ3) is 11.3. The first-order chi connectivity index (χ1) is 19.5. The van der Waals surface area contributed by atoms with Gasteiger partial charge in [0.1, 0.15) is 18.1 Å². The van der Waals surface area contributed by atoms with Gasteiger partial charge in [-0.2, -0.15) is 0 Å². The molecule has 5 unspecified atom stereocenters. The maximum Gasteiger partial charge on any atom is 0.326 e. The number of hydrogen-bond donors (Lipinski definition) is 8. The van der Waals surface area contributed by atoms with E-state index in [9.17, 15) is 24.3 Å². The number of H-pyrrole nitrogens is 1. The van der Waals surface area contributed by atoms with E-state index in [1.54, 1.807) is 13.1 Å². The number of nitrogens with zero attached hydrogens (tertiary/aromatic N) is 2. The van der Waals surface area contributed by atoms with Crippen LogP contribution < -0.4 is 33.2 Å². The van der Waals surface area contributed by atoms with Gasteiger partial charge in [-0.25, -0.2) is 9.78 Å². The fourth-order valence-electron chi connectivity index (χ4n) is 4.04. The van der Waals surface area contributed by atoms with Crippen LogP contribution in [0.2, 0.25) is 0 Å². The molecule has 1 heterocycles. The normalized spacial score (nSPS) is 14.5. The molecule has 224 valence electrons. The van der Waals surface area contributed by atoms with Crippen molar-refractivity contribution in [3.8, 4) is 0 Å². The number of aliphatic imine (C=N–C) groups is 1. The SMILES string of the molecule is CCC(C)C(NC(=O)C(Cc1ccccc1)NC(=O)C(N)Cc1cnc[nH]1)C(=O)NC(CCCN=C(N)N)C(=O)O. The van der Waals surface area contributed by atoms with Crippen LogP contribution in [0, 0.1) is 5.92 Å². The number of aliphatic carboxylic acids is 1. The Morgan fingerprint density at radius 2 is 1.68 bits per heavy atom. The van der Waals surface area contributed by atoms with Crippen LogP contribution in [0.3, 0.4) is 0 Å². The zero-order valence-corrected chi connectivity index (χ0v) is 23.4. The van der Waals surface area contributed by atoms with Crippen molar-refractivity contribution in [3.63, 3.8) is 0 Å². The van der Waals surface area contributed by atoms with Crippen molar-refractivity contribution in [3.05, 3.63) is 54.1 Å². The average molecular weight is 572 g/mol. The summed E-state index contributed by atoms with van der Waals surface area (Å²) in [6.07, 6.45) is 4.28. The molecule has 14 nitrogen and oxygen atoms in total. The highest BCUT2D eigenvalue weighted by Gasteiger charge is 2.33. The molecule has 2 aromatic rings. The number of nitrogens with two attached hydrogens (primary N) is 3. The molecule has 0 fully saturated rings. The van der Waals surface area contributed by atoms with Crippen molar-refractivity contribution in [1.82, 2.24) is 25.9 Å². The molecule has 1 aromatic heterocycles. The number of carboxylic acid groups (broad SMARTS) is 1. The van der Waals surface area contributed by atoms with Crippen molar-refractivity contribution < 1.29 is 24.3 Å². The Morgan fingerprint density at radius 1 is 1.00 bits per heavy atom. The predicted molar refractivity (Wildman–Crippen MR) is 153 cm³/mol. The van der Waals surface area contributed by atoms with E-state index in [4.69, 9.17) is 17.2 Å². The number of rotatable bonds is 17. The van der Waals surface area contributed by atoms with Gasteiger partial charge in [0.25, 0.3) is 0 Å². The third-order valence-corrected chi connectivity index (χ3v) is 6.60. The van der Waals surface area contributed by atoms with E-state index in [0.717, 1.165) is 5.56 Å². The summed E-state index contributed by atoms with van der Waals surface area (Å²) in [6.45, 7) is 3.82. The minimum absolute atomic E-state index is 0.0833. The first-order valence-electron chi connectivity index (χ1n) is 13.5. The molecule has 0 aliphatic heterocycles. The lowest BCUT2D eigenvalue weighted by molar-refractivity contribution is -0.142. The number of imidazole rings is 1. The summed E-state index contributed by atoms with van der Waals surface area (Å²) in [5.74, 6) is -3.48. The minimum atomic E-state index is -1.22. The second-order valence-corrected chi connectivity index (χ2v) is 9.86. The Bertz CT molecular complexity index is 1150. The quantitative estimate of drug-likeness (QED) is 0.0669. The predicted octanol–water partition coefficient (Wildman–Crippen LogP) is -0.839. The second kappa shape index (κ2) is 16.6. The van der Waals surface area contributed by atoms with Gasteiger partial charge in [-0.1, -0.05) is 50.6 Å². The van der Waals surface area contributed by atoms with E-state index in [2.05, 4.69) is 30.9 Å². The Kier molecular flexibility index (Phi) is 13.3. The number of carbonyl (C=O) groups excluding carboxylic acids is 3. The highest BCUT2D eigenvalue weighted by Crippen LogP contribution is 2.12. The van der Waals surface area contributed by atoms with Gasteiger partial charge in [0.2, 0.25) is 17.7 Å². The number of amides is 3. The lowest BCUT2D eigenvalue weighted by Gasteiger charge is -2.28. The number of nitrogens with one attached hydrogen (secondary N) is 4. The molecular formula is C27H41N9O5. The van der Waals surface area contributed by atoms with Crippen LogP contribution in [0.1, 0.15) is 44.4 Å². The Morgan fingerprint density at radius 3 is 2.27 bits per heavy atom. The van der Waals surface area contributed by atoms with Gasteiger partial charge in [-0.05, 0) is 24.3 Å². The Hall–Kier alpha value is -4.46. The molecule has 5 atom stereocenters. The molecule has 1 aromatic carbocycles. The standard InChI is InChI=1S/C27H41N9O5/c1-3-16(2)22(25(39)34-20(26(40)41)10-7-11-32-27(29)30)36-24(38)21(12-17-8-5-4-6-9-17)35-23(37)19(28)13-18-14-31-15-33-18/h4-6,8-9,14-16,19-22H,3,7,10-13,28H2,1-2H3,(H,31,33)(H,34,39)(H,35,37)(H,36,38)(H,40,41)(H4,29,30,32). The summed E-state index contributed by atoms with van der Waals surface area (Å²) in [4.78, 5) is 62.2. The molecule has 0 bridgehead atoms. The van der Waals surface area contributed by atoms with Gasteiger partial charge in [-0.3, -0.25) is 19.4 Å². The summed E-state index contributed by atoms with van der Waals surface area (Å²) in [7, 11) is 0. The smallest absolute Gasteiger partial charge is 0.326 e. The summed E-state index contributed by atoms with van der Waals surface area (Å²) >= 11 is 0. The summed E-state index contributed by atoms with van der Waals surface area (Å²) in [6, 6.07) is 4.82. The number of benzene rings is 1.